The van der Waals surface area contributed by atoms with Gasteiger partial charge in [-0.3, -0.25) is 0 Å². The predicted octanol–water partition coefficient (Wildman–Crippen LogP) is 4.18. The van der Waals surface area contributed by atoms with Gasteiger partial charge in [-0.15, -0.1) is 0 Å². The predicted molar refractivity (Wildman–Crippen MR) is 78.4 cm³/mol. The number of nitriles is 1. The van der Waals surface area contributed by atoms with Crippen LogP contribution in [0.5, 0.6) is 0 Å². The third kappa shape index (κ3) is 2.98. The summed E-state index contributed by atoms with van der Waals surface area (Å²) in [5.74, 6) is 5.94. The fraction of sp³-hybridized carbons (Fsp3) is 0.278. The van der Waals surface area contributed by atoms with Gasteiger partial charge in [0.05, 0.1) is 6.07 Å². The second-order valence-electron chi connectivity index (χ2n) is 4.88. The molecule has 0 aliphatic heterocycles. The van der Waals surface area contributed by atoms with Gasteiger partial charge in [0.2, 0.25) is 0 Å². The number of hydrogen-bond donors (Lipinski definition) is 0. The lowest BCUT2D eigenvalue weighted by molar-refractivity contribution is 0.241. The van der Waals surface area contributed by atoms with Gasteiger partial charge in [0.1, 0.15) is 11.6 Å². The third-order valence-electron chi connectivity index (χ3n) is 3.38. The summed E-state index contributed by atoms with van der Waals surface area (Å²) in [6, 6.07) is 11.7. The number of alkyl halides is 1. The van der Waals surface area contributed by atoms with Crippen molar-refractivity contribution in [3.05, 3.63) is 59.7 Å². The van der Waals surface area contributed by atoms with Crippen LogP contribution in [0.2, 0.25) is 0 Å². The summed E-state index contributed by atoms with van der Waals surface area (Å²) in [6.45, 7) is 1.95. The molecule has 0 saturated heterocycles. The molecule has 1 aliphatic rings. The van der Waals surface area contributed by atoms with Gasteiger partial charge >= 0.3 is 0 Å². The highest BCUT2D eigenvalue weighted by molar-refractivity contribution is 5.48. The largest absolute Gasteiger partial charge is 0.241 e. The van der Waals surface area contributed by atoms with Gasteiger partial charge in [-0.25, -0.2) is 4.39 Å². The van der Waals surface area contributed by atoms with Crippen molar-refractivity contribution in [3.8, 4) is 17.9 Å². The average Bonchev–Trinajstić information content (AvgIpc) is 2.49. The fourth-order valence-corrected chi connectivity index (χ4v) is 2.23. The van der Waals surface area contributed by atoms with Crippen molar-refractivity contribution in [2.45, 2.75) is 25.9 Å². The van der Waals surface area contributed by atoms with E-state index in [1.807, 2.05) is 37.3 Å². The number of allylic oxidation sites excluding steroid dienone is 4. The highest BCUT2D eigenvalue weighted by atomic mass is 19.1. The molecule has 0 bridgehead atoms. The lowest BCUT2D eigenvalue weighted by Gasteiger charge is -2.27. The molecule has 2 unspecified atom stereocenters. The quantitative estimate of drug-likeness (QED) is 0.736. The number of nitrogens with zero attached hydrogens (tertiary/aromatic N) is 1. The summed E-state index contributed by atoms with van der Waals surface area (Å²) in [4.78, 5) is 0. The van der Waals surface area contributed by atoms with Gasteiger partial charge in [-0.2, -0.15) is 5.26 Å². The van der Waals surface area contributed by atoms with E-state index in [9.17, 15) is 9.65 Å². The number of halogens is 1. The van der Waals surface area contributed by atoms with Gasteiger partial charge < -0.3 is 0 Å². The van der Waals surface area contributed by atoms with Crippen LogP contribution in [0.4, 0.5) is 4.39 Å². The average molecular weight is 265 g/mol. The lowest BCUT2D eigenvalue weighted by Crippen LogP contribution is -2.29. The van der Waals surface area contributed by atoms with Gasteiger partial charge in [0.25, 0.3) is 0 Å². The molecule has 0 heterocycles. The van der Waals surface area contributed by atoms with Crippen molar-refractivity contribution in [1.29, 1.82) is 5.26 Å². The van der Waals surface area contributed by atoms with Crippen molar-refractivity contribution in [2.75, 3.05) is 0 Å². The Morgan fingerprint density at radius 3 is 2.60 bits per heavy atom. The Bertz CT molecular complexity index is 625. The maximum absolute atomic E-state index is 14.2. The van der Waals surface area contributed by atoms with E-state index in [-0.39, 0.29) is 0 Å². The van der Waals surface area contributed by atoms with Gasteiger partial charge in [0.15, 0.2) is 0 Å². The molecule has 0 spiro atoms. The van der Waals surface area contributed by atoms with Crippen LogP contribution in [0, 0.1) is 28.6 Å². The van der Waals surface area contributed by atoms with Crippen molar-refractivity contribution < 1.29 is 4.39 Å². The van der Waals surface area contributed by atoms with Crippen molar-refractivity contribution in [3.63, 3.8) is 0 Å². The van der Waals surface area contributed by atoms with Crippen LogP contribution in [0.3, 0.4) is 0 Å². The zero-order valence-electron chi connectivity index (χ0n) is 11.4. The maximum Gasteiger partial charge on any atom is 0.142 e. The van der Waals surface area contributed by atoms with Crippen LogP contribution >= 0.6 is 0 Å². The fourth-order valence-electron chi connectivity index (χ4n) is 2.23. The van der Waals surface area contributed by atoms with E-state index in [2.05, 4.69) is 17.9 Å². The molecule has 0 radical (unpaired) electrons. The molecule has 0 N–H and O–H groups in total. The minimum Gasteiger partial charge on any atom is -0.241 e. The van der Waals surface area contributed by atoms with E-state index in [1.165, 1.54) is 6.08 Å². The minimum atomic E-state index is -1.29. The summed E-state index contributed by atoms with van der Waals surface area (Å²) < 4.78 is 14.2. The van der Waals surface area contributed by atoms with Crippen molar-refractivity contribution in [1.82, 2.24) is 0 Å². The van der Waals surface area contributed by atoms with Gasteiger partial charge in [-0.1, -0.05) is 49.5 Å². The summed E-state index contributed by atoms with van der Waals surface area (Å²) >= 11 is 0. The van der Waals surface area contributed by atoms with Crippen LogP contribution < -0.4 is 0 Å². The Morgan fingerprint density at radius 1 is 1.25 bits per heavy atom. The number of benzene rings is 1. The molecular weight excluding hydrogens is 249 g/mol. The number of rotatable bonds is 2. The molecular formula is C18H16FN. The van der Waals surface area contributed by atoms with E-state index < -0.39 is 11.6 Å². The smallest absolute Gasteiger partial charge is 0.142 e. The molecule has 0 amide bonds. The second-order valence-corrected chi connectivity index (χ2v) is 4.88. The second kappa shape index (κ2) is 6.22. The highest BCUT2D eigenvalue weighted by Crippen LogP contribution is 2.36. The minimum absolute atomic E-state index is 0.525. The molecule has 2 heteroatoms. The molecule has 1 aromatic carbocycles. The van der Waals surface area contributed by atoms with E-state index in [1.54, 1.807) is 12.2 Å². The maximum atomic E-state index is 14.2. The van der Waals surface area contributed by atoms with Crippen LogP contribution in [-0.2, 0) is 0 Å². The molecule has 2 atom stereocenters. The first kappa shape index (κ1) is 14.1. The molecule has 1 nitrogen and oxygen atoms in total. The monoisotopic (exact) mass is 265 g/mol. The van der Waals surface area contributed by atoms with Crippen molar-refractivity contribution in [2.24, 2.45) is 5.41 Å². The van der Waals surface area contributed by atoms with Gasteiger partial charge in [-0.05, 0) is 30.7 Å². The van der Waals surface area contributed by atoms with E-state index in [0.29, 0.717) is 12.0 Å². The topological polar surface area (TPSA) is 23.8 Å². The van der Waals surface area contributed by atoms with Crippen LogP contribution in [0.15, 0.2) is 54.1 Å². The Morgan fingerprint density at radius 2 is 2.00 bits per heavy atom. The Kier molecular flexibility index (Phi) is 4.38. The summed E-state index contributed by atoms with van der Waals surface area (Å²) in [7, 11) is 0. The molecule has 1 aromatic rings. The molecule has 0 saturated carbocycles. The zero-order chi connectivity index (χ0) is 14.4. The van der Waals surface area contributed by atoms with Crippen LogP contribution in [0.1, 0.15) is 25.3 Å². The SMILES string of the molecule is CCCC1(C#N)C=CC(C#Cc2ccccc2)=CC1F. The molecule has 1 aliphatic carbocycles. The zero-order valence-corrected chi connectivity index (χ0v) is 11.4. The van der Waals surface area contributed by atoms with Crippen LogP contribution in [0.25, 0.3) is 0 Å². The molecule has 0 aromatic heterocycles. The standard InChI is InChI=1S/C18H16FN/c1-2-11-18(14-20)12-10-16(13-17(18)19)9-8-15-6-4-3-5-7-15/h3-7,10,12-13,17H,2,11H2,1H3. The molecule has 0 fully saturated rings. The first-order valence-corrected chi connectivity index (χ1v) is 6.73. The highest BCUT2D eigenvalue weighted by Gasteiger charge is 2.37. The Balaban J connectivity index is 2.19. The number of hydrogen-bond acceptors (Lipinski definition) is 1. The van der Waals surface area contributed by atoms with E-state index >= 15 is 0 Å². The van der Waals surface area contributed by atoms with E-state index in [0.717, 1.165) is 12.0 Å². The summed E-state index contributed by atoms with van der Waals surface area (Å²) in [6.07, 6.45) is 4.88. The normalized spacial score (nSPS) is 24.2. The van der Waals surface area contributed by atoms with E-state index in [4.69, 9.17) is 0 Å². The first-order valence-electron chi connectivity index (χ1n) is 6.73. The molecule has 100 valence electrons. The lowest BCUT2D eigenvalue weighted by atomic mass is 9.76. The Labute approximate surface area is 119 Å². The molecule has 20 heavy (non-hydrogen) atoms. The third-order valence-corrected chi connectivity index (χ3v) is 3.38. The summed E-state index contributed by atoms with van der Waals surface area (Å²) in [5.41, 5.74) is 0.498. The summed E-state index contributed by atoms with van der Waals surface area (Å²) in [5, 5.41) is 9.23. The molecule has 2 rings (SSSR count). The Hall–Kier alpha value is -2.32. The first-order chi connectivity index (χ1) is 9.70. The van der Waals surface area contributed by atoms with Crippen molar-refractivity contribution >= 4 is 0 Å². The van der Waals surface area contributed by atoms with Gasteiger partial charge in [0, 0.05) is 11.1 Å². The van der Waals surface area contributed by atoms with Crippen LogP contribution in [-0.4, -0.2) is 6.17 Å².